The quantitative estimate of drug-likeness (QED) is 0.616. The molecule has 0 aliphatic rings. The standard InChI is InChI=1S/C19H18N4O4S.ClH/c1-13-11-12-20-19(21-13)23-28(25,26)17-9-5-15(6-10-17)22-18(24)14-3-7-16(27-2)8-4-14;/h3-12H,1-2H3,(H,22,24)(H,20,21,23);1H. The molecule has 0 spiro atoms. The lowest BCUT2D eigenvalue weighted by molar-refractivity contribution is 0.102. The number of halogens is 1. The Morgan fingerprint density at radius 2 is 1.66 bits per heavy atom. The number of hydrogen-bond acceptors (Lipinski definition) is 6. The topological polar surface area (TPSA) is 110 Å². The number of hydrogen-bond donors (Lipinski definition) is 2. The largest absolute Gasteiger partial charge is 0.497 e. The first-order valence-corrected chi connectivity index (χ1v) is 9.74. The zero-order valence-electron chi connectivity index (χ0n) is 15.6. The number of nitrogens with one attached hydrogen (secondary N) is 2. The highest BCUT2D eigenvalue weighted by Gasteiger charge is 2.16. The monoisotopic (exact) mass is 434 g/mol. The highest BCUT2D eigenvalue weighted by molar-refractivity contribution is 7.92. The number of aryl methyl sites for hydroxylation is 1. The van der Waals surface area contributed by atoms with Crippen molar-refractivity contribution in [2.75, 3.05) is 17.1 Å². The van der Waals surface area contributed by atoms with E-state index in [0.717, 1.165) is 0 Å². The summed E-state index contributed by atoms with van der Waals surface area (Å²) in [5.74, 6) is 0.331. The third-order valence-electron chi connectivity index (χ3n) is 3.80. The molecule has 0 fully saturated rings. The van der Waals surface area contributed by atoms with Crippen molar-refractivity contribution in [1.29, 1.82) is 0 Å². The maximum atomic E-state index is 12.4. The zero-order chi connectivity index (χ0) is 20.1. The van der Waals surface area contributed by atoms with E-state index in [0.29, 0.717) is 22.7 Å². The minimum atomic E-state index is -3.84. The van der Waals surface area contributed by atoms with Gasteiger partial charge in [-0.25, -0.2) is 23.1 Å². The summed E-state index contributed by atoms with van der Waals surface area (Å²) < 4.78 is 32.3. The van der Waals surface area contributed by atoms with Gasteiger partial charge >= 0.3 is 0 Å². The normalized spacial score (nSPS) is 10.6. The summed E-state index contributed by atoms with van der Waals surface area (Å²) in [6.07, 6.45) is 1.47. The van der Waals surface area contributed by atoms with Crippen molar-refractivity contribution >= 4 is 40.0 Å². The maximum absolute atomic E-state index is 12.4. The molecule has 1 amide bonds. The molecule has 152 valence electrons. The van der Waals surface area contributed by atoms with Gasteiger partial charge in [-0.15, -0.1) is 12.4 Å². The molecule has 2 aromatic carbocycles. The van der Waals surface area contributed by atoms with Crippen LogP contribution in [0.2, 0.25) is 0 Å². The average Bonchev–Trinajstić information content (AvgIpc) is 2.68. The summed E-state index contributed by atoms with van der Waals surface area (Å²) in [6, 6.07) is 14.1. The number of sulfonamides is 1. The SMILES string of the molecule is COc1ccc(C(=O)Nc2ccc(S(=O)(=O)Nc3nccc(C)n3)cc2)cc1.Cl. The van der Waals surface area contributed by atoms with Crippen LogP contribution >= 0.6 is 12.4 Å². The van der Waals surface area contributed by atoms with Crippen molar-refractivity contribution in [3.05, 3.63) is 72.1 Å². The van der Waals surface area contributed by atoms with Crippen LogP contribution in [-0.4, -0.2) is 31.4 Å². The van der Waals surface area contributed by atoms with Gasteiger partial charge in [-0.1, -0.05) is 0 Å². The molecule has 0 atom stereocenters. The van der Waals surface area contributed by atoms with Crippen LogP contribution in [0.4, 0.5) is 11.6 Å². The van der Waals surface area contributed by atoms with Crippen molar-refractivity contribution in [2.24, 2.45) is 0 Å². The van der Waals surface area contributed by atoms with Crippen LogP contribution in [0.5, 0.6) is 5.75 Å². The first-order valence-electron chi connectivity index (χ1n) is 8.25. The molecule has 0 radical (unpaired) electrons. The number of carbonyl (C=O) groups excluding carboxylic acids is 1. The molecule has 29 heavy (non-hydrogen) atoms. The number of benzene rings is 2. The van der Waals surface area contributed by atoms with E-state index in [1.807, 2.05) is 0 Å². The van der Waals surface area contributed by atoms with E-state index in [2.05, 4.69) is 20.0 Å². The summed E-state index contributed by atoms with van der Waals surface area (Å²) in [5.41, 5.74) is 1.56. The van der Waals surface area contributed by atoms with E-state index in [9.17, 15) is 13.2 Å². The fourth-order valence-electron chi connectivity index (χ4n) is 2.34. The molecule has 0 saturated heterocycles. The summed E-state index contributed by atoms with van der Waals surface area (Å²) in [6.45, 7) is 1.74. The Balaban J connectivity index is 0.00000300. The van der Waals surface area contributed by atoms with E-state index in [1.165, 1.54) is 30.5 Å². The summed E-state index contributed by atoms with van der Waals surface area (Å²) in [4.78, 5) is 20.2. The van der Waals surface area contributed by atoms with Crippen LogP contribution in [0.15, 0.2) is 65.7 Å². The molecular formula is C19H19ClN4O4S. The van der Waals surface area contributed by atoms with Crippen LogP contribution in [0.3, 0.4) is 0 Å². The third-order valence-corrected chi connectivity index (χ3v) is 5.14. The van der Waals surface area contributed by atoms with Gasteiger partial charge < -0.3 is 10.1 Å². The van der Waals surface area contributed by atoms with Gasteiger partial charge in [-0.05, 0) is 61.5 Å². The molecule has 10 heteroatoms. The van der Waals surface area contributed by atoms with Crippen LogP contribution in [-0.2, 0) is 10.0 Å². The molecule has 1 aromatic heterocycles. The number of anilines is 2. The molecule has 2 N–H and O–H groups in total. The third kappa shape index (κ3) is 5.66. The van der Waals surface area contributed by atoms with Crippen LogP contribution in [0.25, 0.3) is 0 Å². The highest BCUT2D eigenvalue weighted by atomic mass is 35.5. The molecule has 0 saturated carbocycles. The average molecular weight is 435 g/mol. The van der Waals surface area contributed by atoms with Gasteiger partial charge in [0.15, 0.2) is 0 Å². The van der Waals surface area contributed by atoms with Gasteiger partial charge in [0, 0.05) is 23.1 Å². The summed E-state index contributed by atoms with van der Waals surface area (Å²) in [5, 5.41) is 2.71. The predicted molar refractivity (Wildman–Crippen MR) is 112 cm³/mol. The Hall–Kier alpha value is -3.17. The number of rotatable bonds is 6. The van der Waals surface area contributed by atoms with Crippen LogP contribution < -0.4 is 14.8 Å². The van der Waals surface area contributed by atoms with Gasteiger partial charge in [-0.3, -0.25) is 4.79 Å². The Labute approximate surface area is 174 Å². The minimum Gasteiger partial charge on any atom is -0.497 e. The number of ether oxygens (including phenoxy) is 1. The van der Waals surface area contributed by atoms with E-state index < -0.39 is 10.0 Å². The van der Waals surface area contributed by atoms with E-state index >= 15 is 0 Å². The van der Waals surface area contributed by atoms with E-state index in [4.69, 9.17) is 4.74 Å². The highest BCUT2D eigenvalue weighted by Crippen LogP contribution is 2.18. The minimum absolute atomic E-state index is 0. The van der Waals surface area contributed by atoms with Crippen molar-refractivity contribution in [3.8, 4) is 5.75 Å². The first-order chi connectivity index (χ1) is 13.4. The molecule has 0 aliphatic carbocycles. The van der Waals surface area contributed by atoms with E-state index in [1.54, 1.807) is 44.4 Å². The summed E-state index contributed by atoms with van der Waals surface area (Å²) in [7, 11) is -2.29. The van der Waals surface area contributed by atoms with Crippen molar-refractivity contribution < 1.29 is 17.9 Å². The number of nitrogens with zero attached hydrogens (tertiary/aromatic N) is 2. The Kier molecular flexibility index (Phi) is 7.13. The molecule has 0 aliphatic heterocycles. The number of methoxy groups -OCH3 is 1. The Bertz CT molecular complexity index is 1090. The van der Waals surface area contributed by atoms with Gasteiger partial charge in [0.05, 0.1) is 12.0 Å². The zero-order valence-corrected chi connectivity index (χ0v) is 17.3. The van der Waals surface area contributed by atoms with Crippen LogP contribution in [0.1, 0.15) is 16.1 Å². The number of amides is 1. The van der Waals surface area contributed by atoms with Crippen molar-refractivity contribution in [2.45, 2.75) is 11.8 Å². The Morgan fingerprint density at radius 3 is 2.24 bits per heavy atom. The van der Waals surface area contributed by atoms with Gasteiger partial charge in [-0.2, -0.15) is 0 Å². The maximum Gasteiger partial charge on any atom is 0.264 e. The molecule has 0 bridgehead atoms. The van der Waals surface area contributed by atoms with Crippen molar-refractivity contribution in [3.63, 3.8) is 0 Å². The molecular weight excluding hydrogens is 416 g/mol. The fraction of sp³-hybridized carbons (Fsp3) is 0.105. The smallest absolute Gasteiger partial charge is 0.264 e. The summed E-state index contributed by atoms with van der Waals surface area (Å²) >= 11 is 0. The van der Waals surface area contributed by atoms with Gasteiger partial charge in [0.25, 0.3) is 15.9 Å². The number of carbonyl (C=O) groups is 1. The van der Waals surface area contributed by atoms with Gasteiger partial charge in [0.2, 0.25) is 5.95 Å². The molecule has 0 unspecified atom stereocenters. The predicted octanol–water partition coefficient (Wildman–Crippen LogP) is 3.27. The van der Waals surface area contributed by atoms with Gasteiger partial charge in [0.1, 0.15) is 5.75 Å². The number of aromatic nitrogens is 2. The van der Waals surface area contributed by atoms with E-state index in [-0.39, 0.29) is 29.2 Å². The second kappa shape index (κ2) is 9.35. The molecule has 3 rings (SSSR count). The molecule has 8 nitrogen and oxygen atoms in total. The lowest BCUT2D eigenvalue weighted by atomic mass is 10.2. The lowest BCUT2D eigenvalue weighted by Crippen LogP contribution is -2.15. The second-order valence-electron chi connectivity index (χ2n) is 5.83. The van der Waals surface area contributed by atoms with Crippen molar-refractivity contribution in [1.82, 2.24) is 9.97 Å². The lowest BCUT2D eigenvalue weighted by Gasteiger charge is -2.09. The molecule has 3 aromatic rings. The van der Waals surface area contributed by atoms with Crippen LogP contribution in [0, 0.1) is 6.92 Å². The molecule has 1 heterocycles. The first kappa shape index (κ1) is 22.1. The Morgan fingerprint density at radius 1 is 1.00 bits per heavy atom. The fourth-order valence-corrected chi connectivity index (χ4v) is 3.29. The second-order valence-corrected chi connectivity index (χ2v) is 7.52.